The first-order chi connectivity index (χ1) is 25.8. The zero-order valence-corrected chi connectivity index (χ0v) is 34.6. The lowest BCUT2D eigenvalue weighted by molar-refractivity contribution is -0.161. The van der Waals surface area contributed by atoms with Gasteiger partial charge in [-0.3, -0.25) is 18.6 Å². The number of phosphoric ester groups is 1. The number of phosphoric acid groups is 1. The van der Waals surface area contributed by atoms with Crippen LogP contribution in [-0.4, -0.2) is 49.3 Å². The number of carbonyl (C=O) groups excluding carboxylic acids is 2. The van der Waals surface area contributed by atoms with Gasteiger partial charge in [-0.15, -0.1) is 0 Å². The van der Waals surface area contributed by atoms with Crippen LogP contribution in [0, 0.1) is 0 Å². The molecule has 0 saturated carbocycles. The summed E-state index contributed by atoms with van der Waals surface area (Å²) in [6.45, 7) is 3.64. The molecule has 0 heterocycles. The standard InChI is InChI=1S/C43H78NO8P/c1-3-5-7-9-11-13-15-17-19-20-22-24-26-28-30-32-34-36-43(46)52-41(40-51-53(47,48)50-38-37-44)39-49-42(45)35-33-31-29-27-25-23-21-18-16-14-12-10-8-6-4-2/h12,14,17-19,21,25,27,41H,3-11,13,15-16,20,22-24,26,28-40,44H2,1-2H3,(H,47,48)/b14-12+,19-17+,21-18+,27-25+/t41-/m1/s1. The van der Waals surface area contributed by atoms with Crippen LogP contribution in [0.1, 0.15) is 181 Å². The van der Waals surface area contributed by atoms with Gasteiger partial charge >= 0.3 is 19.8 Å². The number of rotatable bonds is 39. The molecule has 0 aliphatic carbocycles. The van der Waals surface area contributed by atoms with E-state index < -0.39 is 32.5 Å². The second-order valence-electron chi connectivity index (χ2n) is 13.8. The SMILES string of the molecule is CCCCC/C=C/C/C=C/C/C=C/CCCCC(=O)OC[C@H](COP(=O)(O)OCCN)OC(=O)CCCCCCCCC/C=C/CCCCCCCC. The molecule has 0 radical (unpaired) electrons. The molecule has 0 aromatic carbocycles. The van der Waals surface area contributed by atoms with Crippen molar-refractivity contribution >= 4 is 19.8 Å². The first-order valence-electron chi connectivity index (χ1n) is 21.1. The summed E-state index contributed by atoms with van der Waals surface area (Å²) in [5.74, 6) is -0.880. The van der Waals surface area contributed by atoms with Crippen molar-refractivity contribution in [2.75, 3.05) is 26.4 Å². The Hall–Kier alpha value is -2.03. The molecule has 0 aliphatic heterocycles. The summed E-state index contributed by atoms with van der Waals surface area (Å²) in [7, 11) is -4.38. The van der Waals surface area contributed by atoms with Gasteiger partial charge in [0.15, 0.2) is 6.10 Å². The number of unbranched alkanes of at least 4 members (excludes halogenated alkanes) is 18. The van der Waals surface area contributed by atoms with Crippen molar-refractivity contribution < 1.29 is 37.6 Å². The van der Waals surface area contributed by atoms with Gasteiger partial charge in [0, 0.05) is 19.4 Å². The van der Waals surface area contributed by atoms with Crippen LogP contribution >= 0.6 is 7.82 Å². The second kappa shape index (κ2) is 39.7. The summed E-state index contributed by atoms with van der Waals surface area (Å²) < 4.78 is 32.7. The Morgan fingerprint density at radius 1 is 0.566 bits per heavy atom. The molecule has 0 amide bonds. The lowest BCUT2D eigenvalue weighted by Gasteiger charge is -2.19. The van der Waals surface area contributed by atoms with Crippen molar-refractivity contribution in [3.63, 3.8) is 0 Å². The highest BCUT2D eigenvalue weighted by Crippen LogP contribution is 2.43. The summed E-state index contributed by atoms with van der Waals surface area (Å²) in [4.78, 5) is 34.8. The van der Waals surface area contributed by atoms with Gasteiger partial charge in [0.25, 0.3) is 0 Å². The summed E-state index contributed by atoms with van der Waals surface area (Å²) in [6, 6.07) is 0. The third-order valence-corrected chi connectivity index (χ3v) is 9.67. The van der Waals surface area contributed by atoms with Crippen molar-refractivity contribution in [1.29, 1.82) is 0 Å². The van der Waals surface area contributed by atoms with E-state index in [2.05, 4.69) is 62.5 Å². The first-order valence-corrected chi connectivity index (χ1v) is 22.6. The molecule has 9 nitrogen and oxygen atoms in total. The molecule has 53 heavy (non-hydrogen) atoms. The van der Waals surface area contributed by atoms with Gasteiger partial charge in [-0.25, -0.2) is 4.57 Å². The van der Waals surface area contributed by atoms with Gasteiger partial charge in [-0.2, -0.15) is 0 Å². The van der Waals surface area contributed by atoms with Crippen LogP contribution in [0.25, 0.3) is 0 Å². The van der Waals surface area contributed by atoms with Gasteiger partial charge in [-0.05, 0) is 77.0 Å². The minimum Gasteiger partial charge on any atom is -0.462 e. The Balaban J connectivity index is 4.24. The lowest BCUT2D eigenvalue weighted by Crippen LogP contribution is -2.29. The first kappa shape index (κ1) is 51.0. The minimum absolute atomic E-state index is 0.0462. The number of ether oxygens (including phenoxy) is 2. The van der Waals surface area contributed by atoms with E-state index in [1.807, 2.05) is 0 Å². The van der Waals surface area contributed by atoms with E-state index in [-0.39, 0.29) is 32.6 Å². The predicted octanol–water partition coefficient (Wildman–Crippen LogP) is 11.9. The molecular weight excluding hydrogens is 689 g/mol. The van der Waals surface area contributed by atoms with E-state index in [0.29, 0.717) is 12.8 Å². The van der Waals surface area contributed by atoms with E-state index in [4.69, 9.17) is 24.3 Å². The number of allylic oxidation sites excluding steroid dienone is 8. The Labute approximate surface area is 324 Å². The lowest BCUT2D eigenvalue weighted by atomic mass is 10.1. The number of esters is 2. The van der Waals surface area contributed by atoms with Crippen molar-refractivity contribution in [3.8, 4) is 0 Å². The number of hydrogen-bond donors (Lipinski definition) is 2. The quantitative estimate of drug-likeness (QED) is 0.0271. The molecule has 3 N–H and O–H groups in total. The molecule has 10 heteroatoms. The number of carbonyl (C=O) groups is 2. The van der Waals surface area contributed by atoms with Crippen LogP contribution in [0.3, 0.4) is 0 Å². The third-order valence-electron chi connectivity index (χ3n) is 8.69. The van der Waals surface area contributed by atoms with Crippen molar-refractivity contribution in [3.05, 3.63) is 48.6 Å². The van der Waals surface area contributed by atoms with E-state index in [0.717, 1.165) is 57.8 Å². The smallest absolute Gasteiger partial charge is 0.462 e. The largest absolute Gasteiger partial charge is 0.472 e. The molecule has 308 valence electrons. The highest BCUT2D eigenvalue weighted by molar-refractivity contribution is 7.47. The molecule has 0 aliphatic rings. The van der Waals surface area contributed by atoms with Gasteiger partial charge < -0.3 is 20.1 Å². The van der Waals surface area contributed by atoms with Crippen LogP contribution in [0.5, 0.6) is 0 Å². The molecule has 0 aromatic rings. The van der Waals surface area contributed by atoms with E-state index >= 15 is 0 Å². The summed E-state index contributed by atoms with van der Waals surface area (Å²) in [5.41, 5.74) is 5.34. The normalized spacial score (nSPS) is 13.8. The third kappa shape index (κ3) is 39.5. The molecule has 1 unspecified atom stereocenters. The fourth-order valence-corrected chi connectivity index (χ4v) is 6.28. The van der Waals surface area contributed by atoms with Crippen LogP contribution in [0.2, 0.25) is 0 Å². The average molecular weight is 768 g/mol. The Morgan fingerprint density at radius 3 is 1.55 bits per heavy atom. The fourth-order valence-electron chi connectivity index (χ4n) is 5.52. The van der Waals surface area contributed by atoms with Gasteiger partial charge in [0.2, 0.25) is 0 Å². The Morgan fingerprint density at radius 2 is 0.981 bits per heavy atom. The zero-order chi connectivity index (χ0) is 38.9. The van der Waals surface area contributed by atoms with Crippen LogP contribution in [-0.2, 0) is 32.7 Å². The van der Waals surface area contributed by atoms with E-state index in [9.17, 15) is 19.0 Å². The van der Waals surface area contributed by atoms with Gasteiger partial charge in [-0.1, -0.05) is 140 Å². The Kier molecular flexibility index (Phi) is 38.1. The fraction of sp³-hybridized carbons (Fsp3) is 0.767. The highest BCUT2D eigenvalue weighted by Gasteiger charge is 2.25. The van der Waals surface area contributed by atoms with Crippen molar-refractivity contribution in [2.24, 2.45) is 5.73 Å². The molecule has 0 rings (SSSR count). The number of hydrogen-bond acceptors (Lipinski definition) is 8. The molecular formula is C43H78NO8P. The molecule has 0 spiro atoms. The Bertz CT molecular complexity index is 1010. The zero-order valence-electron chi connectivity index (χ0n) is 33.7. The minimum atomic E-state index is -4.38. The highest BCUT2D eigenvalue weighted by atomic mass is 31.2. The van der Waals surface area contributed by atoms with Gasteiger partial charge in [0.1, 0.15) is 6.61 Å². The second-order valence-corrected chi connectivity index (χ2v) is 15.3. The van der Waals surface area contributed by atoms with Crippen molar-refractivity contribution in [2.45, 2.75) is 187 Å². The number of nitrogens with two attached hydrogens (primary N) is 1. The summed E-state index contributed by atoms with van der Waals surface area (Å²) in [5, 5.41) is 0. The van der Waals surface area contributed by atoms with Crippen LogP contribution in [0.15, 0.2) is 48.6 Å². The van der Waals surface area contributed by atoms with E-state index in [1.165, 1.54) is 83.5 Å². The maximum Gasteiger partial charge on any atom is 0.472 e. The monoisotopic (exact) mass is 768 g/mol. The van der Waals surface area contributed by atoms with Gasteiger partial charge in [0.05, 0.1) is 13.2 Å². The molecule has 0 aromatic heterocycles. The summed E-state index contributed by atoms with van der Waals surface area (Å²) >= 11 is 0. The predicted molar refractivity (Wildman–Crippen MR) is 220 cm³/mol. The maximum atomic E-state index is 12.6. The molecule has 0 fully saturated rings. The maximum absolute atomic E-state index is 12.6. The molecule has 0 bridgehead atoms. The van der Waals surface area contributed by atoms with Crippen LogP contribution < -0.4 is 5.73 Å². The van der Waals surface area contributed by atoms with E-state index in [1.54, 1.807) is 0 Å². The van der Waals surface area contributed by atoms with Crippen molar-refractivity contribution in [1.82, 2.24) is 0 Å². The van der Waals surface area contributed by atoms with Crippen LogP contribution in [0.4, 0.5) is 0 Å². The average Bonchev–Trinajstić information content (AvgIpc) is 3.14. The summed E-state index contributed by atoms with van der Waals surface area (Å²) in [6.07, 6.45) is 44.2. The topological polar surface area (TPSA) is 134 Å². The molecule has 2 atom stereocenters. The molecule has 0 saturated heterocycles.